The molecule has 0 saturated heterocycles. The molecule has 9 heteroatoms. The van der Waals surface area contributed by atoms with Gasteiger partial charge in [0.05, 0.1) is 16.3 Å². The van der Waals surface area contributed by atoms with Crippen molar-refractivity contribution in [2.45, 2.75) is 20.8 Å². The maximum Gasteiger partial charge on any atom is 0.322 e. The molecule has 0 aliphatic carbocycles. The molecule has 2 N–H and O–H groups in total. The van der Waals surface area contributed by atoms with Crippen LogP contribution >= 0.6 is 0 Å². The molecule has 1 aromatic carbocycles. The number of H-pyrrole nitrogens is 1. The third-order valence-corrected chi connectivity index (χ3v) is 3.66. The predicted molar refractivity (Wildman–Crippen MR) is 91.0 cm³/mol. The van der Waals surface area contributed by atoms with E-state index >= 15 is 0 Å². The molecule has 9 nitrogen and oxygen atoms in total. The molecule has 3 rings (SSSR count). The highest BCUT2D eigenvalue weighted by molar-refractivity contribution is 6.05. The minimum absolute atomic E-state index is 0.221. The highest BCUT2D eigenvalue weighted by Crippen LogP contribution is 2.23. The van der Waals surface area contributed by atoms with E-state index in [9.17, 15) is 14.9 Å². The second-order valence-electron chi connectivity index (χ2n) is 5.68. The van der Waals surface area contributed by atoms with Gasteiger partial charge >= 0.3 is 5.69 Å². The number of nitro groups is 1. The van der Waals surface area contributed by atoms with Gasteiger partial charge in [-0.2, -0.15) is 10.2 Å². The lowest BCUT2D eigenvalue weighted by molar-refractivity contribution is -0.385. The number of benzene rings is 1. The fourth-order valence-electron chi connectivity index (χ4n) is 2.45. The van der Waals surface area contributed by atoms with Crippen LogP contribution in [0.2, 0.25) is 0 Å². The van der Waals surface area contributed by atoms with Gasteiger partial charge in [-0.05, 0) is 32.9 Å². The van der Waals surface area contributed by atoms with Gasteiger partial charge in [-0.3, -0.25) is 20.0 Å². The molecular weight excluding hydrogens is 324 g/mol. The normalized spacial score (nSPS) is 10.7. The van der Waals surface area contributed by atoms with Crippen LogP contribution < -0.4 is 5.32 Å². The van der Waals surface area contributed by atoms with E-state index in [1.165, 1.54) is 6.92 Å². The first-order valence-corrected chi connectivity index (χ1v) is 7.51. The van der Waals surface area contributed by atoms with Crippen molar-refractivity contribution in [3.63, 3.8) is 0 Å². The molecule has 128 valence electrons. The molecule has 0 unspecified atom stereocenters. The van der Waals surface area contributed by atoms with Gasteiger partial charge in [-0.25, -0.2) is 4.68 Å². The van der Waals surface area contributed by atoms with Crippen molar-refractivity contribution < 1.29 is 9.72 Å². The lowest BCUT2D eigenvalue weighted by atomic mass is 10.2. The molecule has 2 aromatic heterocycles. The number of anilines is 1. The van der Waals surface area contributed by atoms with Crippen LogP contribution in [0.15, 0.2) is 30.3 Å². The van der Waals surface area contributed by atoms with Crippen LogP contribution in [0.3, 0.4) is 0 Å². The first kappa shape index (κ1) is 16.4. The Hall–Kier alpha value is -3.49. The summed E-state index contributed by atoms with van der Waals surface area (Å²) in [5, 5.41) is 24.4. The minimum atomic E-state index is -0.677. The van der Waals surface area contributed by atoms with E-state index in [0.29, 0.717) is 11.5 Å². The summed E-state index contributed by atoms with van der Waals surface area (Å²) in [6.45, 7) is 5.25. The Bertz CT molecular complexity index is 955. The van der Waals surface area contributed by atoms with Gasteiger partial charge in [-0.1, -0.05) is 17.7 Å². The molecule has 0 radical (unpaired) electrons. The molecule has 0 atom stereocenters. The van der Waals surface area contributed by atoms with Crippen molar-refractivity contribution >= 4 is 17.4 Å². The van der Waals surface area contributed by atoms with Crippen molar-refractivity contribution in [1.29, 1.82) is 0 Å². The summed E-state index contributed by atoms with van der Waals surface area (Å²) in [5.41, 5.74) is 2.18. The number of aryl methyl sites for hydroxylation is 3. The number of hydrogen-bond acceptors (Lipinski definition) is 5. The van der Waals surface area contributed by atoms with Crippen LogP contribution in [-0.4, -0.2) is 30.8 Å². The number of aromatic nitrogens is 4. The fraction of sp³-hybridized carbons (Fsp3) is 0.188. The molecule has 0 aliphatic rings. The van der Waals surface area contributed by atoms with E-state index in [2.05, 4.69) is 20.6 Å². The van der Waals surface area contributed by atoms with Gasteiger partial charge in [0.2, 0.25) is 5.69 Å². The van der Waals surface area contributed by atoms with Crippen molar-refractivity contribution in [3.8, 4) is 5.69 Å². The van der Waals surface area contributed by atoms with E-state index in [4.69, 9.17) is 0 Å². The number of carbonyl (C=O) groups is 1. The Morgan fingerprint density at radius 3 is 2.56 bits per heavy atom. The number of aromatic amines is 1. The quantitative estimate of drug-likeness (QED) is 0.559. The Morgan fingerprint density at radius 2 is 1.92 bits per heavy atom. The molecule has 3 aromatic rings. The lowest BCUT2D eigenvalue weighted by Crippen LogP contribution is -2.17. The van der Waals surface area contributed by atoms with Crippen molar-refractivity contribution in [2.75, 3.05) is 5.32 Å². The maximum absolute atomic E-state index is 12.5. The van der Waals surface area contributed by atoms with Crippen molar-refractivity contribution in [3.05, 3.63) is 63.1 Å². The molecule has 2 heterocycles. The van der Waals surface area contributed by atoms with E-state index in [-0.39, 0.29) is 17.1 Å². The van der Waals surface area contributed by atoms with Crippen LogP contribution in [-0.2, 0) is 0 Å². The average molecular weight is 340 g/mol. The smallest absolute Gasteiger partial charge is 0.305 e. The molecule has 0 saturated carbocycles. The number of amides is 1. The number of hydrogen-bond donors (Lipinski definition) is 2. The summed E-state index contributed by atoms with van der Waals surface area (Å²) >= 11 is 0. The Morgan fingerprint density at radius 1 is 1.24 bits per heavy atom. The largest absolute Gasteiger partial charge is 0.322 e. The summed E-state index contributed by atoms with van der Waals surface area (Å²) < 4.78 is 1.57. The summed E-state index contributed by atoms with van der Waals surface area (Å²) in [7, 11) is 0. The van der Waals surface area contributed by atoms with Crippen molar-refractivity contribution in [1.82, 2.24) is 20.0 Å². The second kappa shape index (κ2) is 6.19. The van der Waals surface area contributed by atoms with Crippen LogP contribution in [0.25, 0.3) is 5.69 Å². The topological polar surface area (TPSA) is 119 Å². The maximum atomic E-state index is 12.5. The van der Waals surface area contributed by atoms with Crippen LogP contribution in [0.5, 0.6) is 0 Å². The highest BCUT2D eigenvalue weighted by Gasteiger charge is 2.27. The molecule has 0 aliphatic heterocycles. The van der Waals surface area contributed by atoms with Gasteiger partial charge < -0.3 is 5.32 Å². The first-order valence-electron chi connectivity index (χ1n) is 7.51. The third kappa shape index (κ3) is 3.11. The van der Waals surface area contributed by atoms with Gasteiger partial charge in [0, 0.05) is 6.07 Å². The number of carbonyl (C=O) groups excluding carboxylic acids is 1. The number of nitrogens with one attached hydrogen (secondary N) is 2. The van der Waals surface area contributed by atoms with E-state index < -0.39 is 10.8 Å². The summed E-state index contributed by atoms with van der Waals surface area (Å²) in [6.07, 6.45) is 0. The Balaban J connectivity index is 1.95. The van der Waals surface area contributed by atoms with Crippen LogP contribution in [0.4, 0.5) is 11.5 Å². The second-order valence-corrected chi connectivity index (χ2v) is 5.68. The molecular formula is C16H16N6O3. The van der Waals surface area contributed by atoms with E-state index in [1.54, 1.807) is 17.7 Å². The standard InChI is InChI=1S/C16H16N6O3/c1-9-4-6-12(7-5-9)21-13(8-10(2)20-21)17-16(23)14-15(22(24)25)11(3)18-19-14/h4-8H,1-3H3,(H,17,23)(H,18,19). The lowest BCUT2D eigenvalue weighted by Gasteiger charge is -2.08. The van der Waals surface area contributed by atoms with Crippen LogP contribution in [0, 0.1) is 30.9 Å². The predicted octanol–water partition coefficient (Wildman–Crippen LogP) is 2.68. The summed E-state index contributed by atoms with van der Waals surface area (Å²) in [4.78, 5) is 23.0. The number of rotatable bonds is 4. The molecule has 25 heavy (non-hydrogen) atoms. The van der Waals surface area contributed by atoms with Gasteiger partial charge in [0.15, 0.2) is 0 Å². The highest BCUT2D eigenvalue weighted by atomic mass is 16.6. The first-order chi connectivity index (χ1) is 11.9. The zero-order chi connectivity index (χ0) is 18.1. The molecule has 0 spiro atoms. The van der Waals surface area contributed by atoms with Gasteiger partial charge in [0.1, 0.15) is 11.5 Å². The van der Waals surface area contributed by atoms with E-state index in [1.807, 2.05) is 31.2 Å². The van der Waals surface area contributed by atoms with Gasteiger partial charge in [0.25, 0.3) is 5.91 Å². The average Bonchev–Trinajstić information content (AvgIpc) is 3.11. The summed E-state index contributed by atoms with van der Waals surface area (Å²) in [6, 6.07) is 9.29. The van der Waals surface area contributed by atoms with Crippen molar-refractivity contribution in [2.24, 2.45) is 0 Å². The Labute approximate surface area is 142 Å². The zero-order valence-corrected chi connectivity index (χ0v) is 13.9. The van der Waals surface area contributed by atoms with Gasteiger partial charge in [-0.15, -0.1) is 0 Å². The minimum Gasteiger partial charge on any atom is -0.305 e. The van der Waals surface area contributed by atoms with E-state index in [0.717, 1.165) is 11.3 Å². The number of nitrogens with zero attached hydrogens (tertiary/aromatic N) is 4. The third-order valence-electron chi connectivity index (χ3n) is 3.66. The molecule has 1 amide bonds. The fourth-order valence-corrected chi connectivity index (χ4v) is 2.45. The zero-order valence-electron chi connectivity index (χ0n) is 13.9. The Kier molecular flexibility index (Phi) is 4.05. The summed E-state index contributed by atoms with van der Waals surface area (Å²) in [5.74, 6) is -0.273. The van der Waals surface area contributed by atoms with Crippen LogP contribution in [0.1, 0.15) is 27.4 Å². The molecule has 0 bridgehead atoms. The monoisotopic (exact) mass is 340 g/mol. The SMILES string of the molecule is Cc1ccc(-n2nc(C)cc2NC(=O)c2n[nH]c(C)c2[N+](=O)[O-])cc1. The molecule has 0 fully saturated rings.